The van der Waals surface area contributed by atoms with Crippen LogP contribution in [0.25, 0.3) is 11.4 Å². The number of hydrogen-bond acceptors (Lipinski definition) is 7. The number of benzene rings is 1. The van der Waals surface area contributed by atoms with E-state index in [1.807, 2.05) is 25.2 Å². The minimum absolute atomic E-state index is 0.0324. The number of likely N-dealkylation sites (tertiary alicyclic amines) is 1. The standard InChI is InChI=1S/C29H37N5O3/c1-19(2)21-7-9-23(10-8-21)29(36,27(4)17-33(5)18-27)24-13-22(15-30-16-24)26-31-25(37-32-26)14-28(11-12-28)34(6)20(3)35/h7-10,13,15-16,19,36H,11-12,14,17-18H2,1-6H3/t29-/m0/s1. The third-order valence-corrected chi connectivity index (χ3v) is 8.48. The molecule has 0 spiro atoms. The van der Waals surface area contributed by atoms with Crippen LogP contribution in [0.5, 0.6) is 0 Å². The normalized spacial score (nSPS) is 19.8. The van der Waals surface area contributed by atoms with Crippen LogP contribution in [-0.2, 0) is 16.8 Å². The molecule has 8 nitrogen and oxygen atoms in total. The number of carbonyl (C=O) groups excluding carboxylic acids is 1. The molecule has 1 aliphatic carbocycles. The van der Waals surface area contributed by atoms with Crippen LogP contribution in [0.15, 0.2) is 47.2 Å². The van der Waals surface area contributed by atoms with E-state index >= 15 is 0 Å². The van der Waals surface area contributed by atoms with Crippen LogP contribution in [0.3, 0.4) is 0 Å². The molecular weight excluding hydrogens is 466 g/mol. The largest absolute Gasteiger partial charge is 0.380 e. The zero-order valence-corrected chi connectivity index (χ0v) is 22.7. The van der Waals surface area contributed by atoms with Crippen LogP contribution in [0.4, 0.5) is 0 Å². The molecule has 1 N–H and O–H groups in total. The first-order valence-corrected chi connectivity index (χ1v) is 13.0. The molecule has 1 saturated heterocycles. The fraction of sp³-hybridized carbons (Fsp3) is 0.517. The lowest BCUT2D eigenvalue weighted by atomic mass is 9.62. The average Bonchev–Trinajstić information content (AvgIpc) is 3.49. The monoisotopic (exact) mass is 503 g/mol. The molecule has 3 heterocycles. The molecule has 2 aliphatic rings. The highest BCUT2D eigenvalue weighted by molar-refractivity contribution is 5.74. The lowest BCUT2D eigenvalue weighted by Gasteiger charge is -2.55. The van der Waals surface area contributed by atoms with E-state index in [9.17, 15) is 9.90 Å². The number of likely N-dealkylation sites (N-methyl/N-ethyl adjacent to an activating group) is 1. The van der Waals surface area contributed by atoms with Gasteiger partial charge in [-0.15, -0.1) is 0 Å². The topological polar surface area (TPSA) is 95.6 Å². The molecule has 1 aromatic carbocycles. The molecule has 2 fully saturated rings. The Bertz CT molecular complexity index is 1290. The van der Waals surface area contributed by atoms with Gasteiger partial charge in [-0.25, -0.2) is 0 Å². The molecule has 3 aromatic rings. The smallest absolute Gasteiger partial charge is 0.229 e. The molecule has 1 atom stereocenters. The number of rotatable bonds is 8. The van der Waals surface area contributed by atoms with Crippen LogP contribution in [0, 0.1) is 5.41 Å². The Morgan fingerprint density at radius 3 is 2.43 bits per heavy atom. The van der Waals surface area contributed by atoms with Gasteiger partial charge < -0.3 is 19.4 Å². The highest BCUT2D eigenvalue weighted by Gasteiger charge is 2.55. The zero-order valence-electron chi connectivity index (χ0n) is 22.7. The van der Waals surface area contributed by atoms with Crippen LogP contribution in [0.2, 0.25) is 0 Å². The van der Waals surface area contributed by atoms with Gasteiger partial charge in [0.25, 0.3) is 0 Å². The summed E-state index contributed by atoms with van der Waals surface area (Å²) in [6.45, 7) is 9.56. The first kappa shape index (κ1) is 25.5. The SMILES string of the molecule is CC(=O)N(C)C1(Cc2nc(-c3cncc([C@@](O)(c4ccc(C(C)C)cc4)C4(C)CN(C)C4)c3)no2)CC1. The van der Waals surface area contributed by atoms with Crippen molar-refractivity contribution in [2.24, 2.45) is 5.41 Å². The van der Waals surface area contributed by atoms with E-state index in [1.165, 1.54) is 5.56 Å². The lowest BCUT2D eigenvalue weighted by molar-refractivity contribution is -0.130. The van der Waals surface area contributed by atoms with E-state index in [1.54, 1.807) is 24.2 Å². The predicted octanol–water partition coefficient (Wildman–Crippen LogP) is 4.00. The van der Waals surface area contributed by atoms with Gasteiger partial charge in [-0.1, -0.05) is 50.2 Å². The number of amides is 1. The molecule has 1 saturated carbocycles. The van der Waals surface area contributed by atoms with E-state index < -0.39 is 5.60 Å². The summed E-state index contributed by atoms with van der Waals surface area (Å²) >= 11 is 0. The van der Waals surface area contributed by atoms with E-state index in [-0.39, 0.29) is 16.9 Å². The van der Waals surface area contributed by atoms with Crippen LogP contribution >= 0.6 is 0 Å². The highest BCUT2D eigenvalue weighted by Crippen LogP contribution is 2.50. The fourth-order valence-electron chi connectivity index (χ4n) is 5.94. The van der Waals surface area contributed by atoms with E-state index in [0.717, 1.165) is 31.5 Å². The van der Waals surface area contributed by atoms with Crippen molar-refractivity contribution in [1.82, 2.24) is 24.9 Å². The first-order valence-electron chi connectivity index (χ1n) is 13.0. The van der Waals surface area contributed by atoms with Gasteiger partial charge >= 0.3 is 0 Å². The van der Waals surface area contributed by atoms with E-state index in [2.05, 4.69) is 60.0 Å². The summed E-state index contributed by atoms with van der Waals surface area (Å²) in [5, 5.41) is 16.7. The zero-order chi connectivity index (χ0) is 26.6. The molecule has 1 amide bonds. The Kier molecular flexibility index (Phi) is 6.23. The third kappa shape index (κ3) is 4.36. The maximum atomic E-state index is 12.5. The molecule has 1 aliphatic heterocycles. The summed E-state index contributed by atoms with van der Waals surface area (Å²) in [7, 11) is 3.89. The maximum absolute atomic E-state index is 12.5. The summed E-state index contributed by atoms with van der Waals surface area (Å²) in [5.41, 5.74) is 1.61. The van der Waals surface area contributed by atoms with Gasteiger partial charge in [0.15, 0.2) is 0 Å². The maximum Gasteiger partial charge on any atom is 0.229 e. The Morgan fingerprint density at radius 1 is 1.19 bits per heavy atom. The van der Waals surface area contributed by atoms with Crippen LogP contribution in [-0.4, -0.2) is 68.7 Å². The van der Waals surface area contributed by atoms with Gasteiger partial charge in [0.2, 0.25) is 17.6 Å². The molecule has 2 aromatic heterocycles. The summed E-state index contributed by atoms with van der Waals surface area (Å²) in [5.74, 6) is 1.37. The Labute approximate surface area is 218 Å². The molecule has 37 heavy (non-hydrogen) atoms. The van der Waals surface area contributed by atoms with Gasteiger partial charge in [0, 0.05) is 56.0 Å². The molecule has 196 valence electrons. The van der Waals surface area contributed by atoms with Crippen molar-refractivity contribution in [3.63, 3.8) is 0 Å². The van der Waals surface area contributed by atoms with Crippen molar-refractivity contribution in [2.75, 3.05) is 27.2 Å². The Morgan fingerprint density at radius 2 is 1.86 bits per heavy atom. The van der Waals surface area contributed by atoms with Crippen molar-refractivity contribution in [2.45, 2.75) is 64.0 Å². The number of carbonyl (C=O) groups is 1. The summed E-state index contributed by atoms with van der Waals surface area (Å²) in [4.78, 5) is 25.0. The van der Waals surface area contributed by atoms with Gasteiger partial charge in [-0.05, 0) is 43.0 Å². The highest BCUT2D eigenvalue weighted by atomic mass is 16.5. The number of aromatic nitrogens is 3. The van der Waals surface area contributed by atoms with Crippen LogP contribution in [0.1, 0.15) is 69.0 Å². The van der Waals surface area contributed by atoms with Crippen molar-refractivity contribution < 1.29 is 14.4 Å². The fourth-order valence-corrected chi connectivity index (χ4v) is 5.94. The van der Waals surface area contributed by atoms with Crippen LogP contribution < -0.4 is 0 Å². The van der Waals surface area contributed by atoms with Gasteiger partial charge in [-0.2, -0.15) is 4.98 Å². The second-order valence-corrected chi connectivity index (χ2v) is 11.7. The molecule has 0 bridgehead atoms. The molecule has 5 rings (SSSR count). The van der Waals surface area contributed by atoms with E-state index in [0.29, 0.717) is 35.2 Å². The molecule has 0 unspecified atom stereocenters. The molecular formula is C29H37N5O3. The minimum atomic E-state index is -1.24. The predicted molar refractivity (Wildman–Crippen MR) is 141 cm³/mol. The minimum Gasteiger partial charge on any atom is -0.380 e. The summed E-state index contributed by atoms with van der Waals surface area (Å²) in [6, 6.07) is 10.2. The third-order valence-electron chi connectivity index (χ3n) is 8.48. The number of pyridine rings is 1. The summed E-state index contributed by atoms with van der Waals surface area (Å²) in [6.07, 6.45) is 5.82. The molecule has 8 heteroatoms. The number of hydrogen-bond donors (Lipinski definition) is 1. The average molecular weight is 504 g/mol. The van der Waals surface area contributed by atoms with Crippen molar-refractivity contribution in [1.29, 1.82) is 0 Å². The van der Waals surface area contributed by atoms with Crippen molar-refractivity contribution in [3.8, 4) is 11.4 Å². The first-order chi connectivity index (χ1) is 17.5. The summed E-state index contributed by atoms with van der Waals surface area (Å²) < 4.78 is 5.59. The number of nitrogens with zero attached hydrogens (tertiary/aromatic N) is 5. The van der Waals surface area contributed by atoms with Crippen molar-refractivity contribution in [3.05, 3.63) is 65.3 Å². The van der Waals surface area contributed by atoms with Crippen molar-refractivity contribution >= 4 is 5.91 Å². The lowest BCUT2D eigenvalue weighted by Crippen LogP contribution is -2.63. The Hall–Kier alpha value is -3.10. The number of aliphatic hydroxyl groups is 1. The van der Waals surface area contributed by atoms with E-state index in [4.69, 9.17) is 4.52 Å². The second kappa shape index (κ2) is 9.03. The van der Waals surface area contributed by atoms with Gasteiger partial charge in [0.1, 0.15) is 5.60 Å². The second-order valence-electron chi connectivity index (χ2n) is 11.7. The van der Waals surface area contributed by atoms with Gasteiger partial charge in [0.05, 0.1) is 12.0 Å². The van der Waals surface area contributed by atoms with Gasteiger partial charge in [-0.3, -0.25) is 9.78 Å². The molecule has 0 radical (unpaired) electrons. The Balaban J connectivity index is 1.48. The quantitative estimate of drug-likeness (QED) is 0.496.